The number of carbonyl (C=O) groups excluding carboxylic acids is 3. The van der Waals surface area contributed by atoms with Crippen LogP contribution in [0.3, 0.4) is 0 Å². The number of amides is 3. The Hall–Kier alpha value is -4.23. The van der Waals surface area contributed by atoms with Crippen LogP contribution in [-0.4, -0.2) is 75.8 Å². The van der Waals surface area contributed by atoms with Gasteiger partial charge in [0.25, 0.3) is 5.91 Å². The molecule has 3 saturated heterocycles. The van der Waals surface area contributed by atoms with Gasteiger partial charge in [0.05, 0.1) is 17.4 Å². The number of rotatable bonds is 7. The van der Waals surface area contributed by atoms with Crippen molar-refractivity contribution in [1.82, 2.24) is 24.9 Å². The van der Waals surface area contributed by atoms with Crippen molar-refractivity contribution < 1.29 is 37.0 Å². The van der Waals surface area contributed by atoms with Crippen molar-refractivity contribution in [2.75, 3.05) is 26.3 Å². The SMILES string of the molecule is O=C1CCC(N2Cc3cc(O[C@H]4CCN(Cc5cnn(-c6cc(C7CCOCC7)cc(C(F)(F)F)c6)c5)C4)ccc3C2=O)C(=O)N1. The number of ether oxygens (including phenoxy) is 2. The normalized spacial score (nSPS) is 22.8. The van der Waals surface area contributed by atoms with E-state index >= 15 is 0 Å². The summed E-state index contributed by atoms with van der Waals surface area (Å²) in [4.78, 5) is 40.6. The first-order chi connectivity index (χ1) is 22.1. The molecule has 1 N–H and O–H groups in total. The summed E-state index contributed by atoms with van der Waals surface area (Å²) in [7, 11) is 0. The van der Waals surface area contributed by atoms with E-state index in [2.05, 4.69) is 15.3 Å². The molecule has 46 heavy (non-hydrogen) atoms. The zero-order valence-corrected chi connectivity index (χ0v) is 25.1. The third-order valence-electron chi connectivity index (χ3n) is 9.29. The Morgan fingerprint density at radius 3 is 2.63 bits per heavy atom. The van der Waals surface area contributed by atoms with Crippen LogP contribution >= 0.6 is 0 Å². The van der Waals surface area contributed by atoms with Crippen LogP contribution in [0.15, 0.2) is 48.8 Å². The summed E-state index contributed by atoms with van der Waals surface area (Å²) in [6, 6.07) is 8.86. The fraction of sp³-hybridized carbons (Fsp3) is 0.455. The van der Waals surface area contributed by atoms with Crippen molar-refractivity contribution in [2.45, 2.75) is 69.4 Å². The van der Waals surface area contributed by atoms with Crippen LogP contribution in [0.5, 0.6) is 5.75 Å². The Balaban J connectivity index is 0.980. The molecule has 0 aliphatic carbocycles. The number of aromatic nitrogens is 2. The van der Waals surface area contributed by atoms with Crippen LogP contribution < -0.4 is 10.1 Å². The average Bonchev–Trinajstić information content (AvgIpc) is 3.77. The van der Waals surface area contributed by atoms with Crippen LogP contribution in [0.1, 0.15) is 70.6 Å². The topological polar surface area (TPSA) is 106 Å². The van der Waals surface area contributed by atoms with Crippen molar-refractivity contribution in [3.63, 3.8) is 0 Å². The number of likely N-dealkylation sites (tertiary alicyclic amines) is 1. The van der Waals surface area contributed by atoms with Gasteiger partial charge in [-0.2, -0.15) is 18.3 Å². The van der Waals surface area contributed by atoms with E-state index in [1.54, 1.807) is 30.6 Å². The number of hydrogen-bond donors (Lipinski definition) is 1. The van der Waals surface area contributed by atoms with E-state index in [9.17, 15) is 27.6 Å². The van der Waals surface area contributed by atoms with Gasteiger partial charge in [-0.15, -0.1) is 0 Å². The average molecular weight is 638 g/mol. The highest BCUT2D eigenvalue weighted by molar-refractivity contribution is 6.05. The van der Waals surface area contributed by atoms with Crippen LogP contribution in [-0.2, 0) is 33.6 Å². The molecule has 242 valence electrons. The lowest BCUT2D eigenvalue weighted by Crippen LogP contribution is -2.52. The Morgan fingerprint density at radius 2 is 1.85 bits per heavy atom. The number of carbonyl (C=O) groups is 3. The molecule has 0 saturated carbocycles. The molecular formula is C33H34F3N5O5. The highest BCUT2D eigenvalue weighted by Gasteiger charge is 2.39. The summed E-state index contributed by atoms with van der Waals surface area (Å²) in [5.74, 6) is -0.340. The Bertz CT molecular complexity index is 1670. The number of benzene rings is 2. The van der Waals surface area contributed by atoms with Crippen molar-refractivity contribution in [3.8, 4) is 11.4 Å². The molecule has 0 spiro atoms. The predicted molar refractivity (Wildman–Crippen MR) is 158 cm³/mol. The van der Waals surface area contributed by atoms with Gasteiger partial charge in [-0.05, 0) is 79.1 Å². The van der Waals surface area contributed by atoms with E-state index in [0.29, 0.717) is 68.1 Å². The van der Waals surface area contributed by atoms with E-state index in [4.69, 9.17) is 9.47 Å². The van der Waals surface area contributed by atoms with Gasteiger partial charge in [0.15, 0.2) is 0 Å². The number of nitrogens with one attached hydrogen (secondary N) is 1. The highest BCUT2D eigenvalue weighted by Crippen LogP contribution is 2.36. The molecule has 3 aromatic rings. The lowest BCUT2D eigenvalue weighted by Gasteiger charge is -2.29. The molecule has 10 nitrogen and oxygen atoms in total. The van der Waals surface area contributed by atoms with Gasteiger partial charge in [-0.1, -0.05) is 0 Å². The zero-order chi connectivity index (χ0) is 32.0. The number of imide groups is 1. The monoisotopic (exact) mass is 637 g/mol. The maximum absolute atomic E-state index is 13.8. The molecule has 1 unspecified atom stereocenters. The van der Waals surface area contributed by atoms with Crippen LogP contribution in [0.4, 0.5) is 13.2 Å². The lowest BCUT2D eigenvalue weighted by atomic mass is 9.90. The van der Waals surface area contributed by atoms with Crippen LogP contribution in [0.25, 0.3) is 5.69 Å². The first-order valence-electron chi connectivity index (χ1n) is 15.6. The standard InChI is InChI=1S/C33H34F3N5O5/c34-33(35,36)24-11-22(21-6-9-45-10-7-21)12-25(14-24)41-17-20(15-37-41)16-39-8-5-27(19-39)46-26-1-2-28-23(13-26)18-40(32(28)44)29-3-4-30(42)38-31(29)43/h1-2,11-15,17,21,27,29H,3-10,16,18-19H2,(H,38,42,43)/t27-,29?/m0/s1. The molecule has 7 rings (SSSR count). The van der Waals surface area contributed by atoms with Crippen molar-refractivity contribution in [1.29, 1.82) is 0 Å². The van der Waals surface area contributed by atoms with E-state index < -0.39 is 23.7 Å². The summed E-state index contributed by atoms with van der Waals surface area (Å²) in [5.41, 5.74) is 2.56. The van der Waals surface area contributed by atoms with E-state index in [0.717, 1.165) is 30.2 Å². The van der Waals surface area contributed by atoms with Crippen LogP contribution in [0.2, 0.25) is 0 Å². The number of halogens is 3. The third kappa shape index (κ3) is 6.25. The molecule has 2 aromatic carbocycles. The summed E-state index contributed by atoms with van der Waals surface area (Å²) >= 11 is 0. The van der Waals surface area contributed by atoms with E-state index in [-0.39, 0.29) is 36.8 Å². The molecule has 3 amide bonds. The molecule has 1 aromatic heterocycles. The molecule has 5 heterocycles. The summed E-state index contributed by atoms with van der Waals surface area (Å²) in [6.07, 6.45) is 1.60. The van der Waals surface area contributed by atoms with E-state index in [1.807, 2.05) is 6.07 Å². The number of piperidine rings is 1. The number of fused-ring (bicyclic) bond motifs is 1. The Kier molecular flexibility index (Phi) is 8.05. The molecular weight excluding hydrogens is 603 g/mol. The van der Waals surface area contributed by atoms with E-state index in [1.165, 1.54) is 15.6 Å². The fourth-order valence-electron chi connectivity index (χ4n) is 6.89. The Labute approximate surface area is 263 Å². The zero-order valence-electron chi connectivity index (χ0n) is 25.1. The molecule has 13 heteroatoms. The van der Waals surface area contributed by atoms with Crippen molar-refractivity contribution >= 4 is 17.7 Å². The van der Waals surface area contributed by atoms with Gasteiger partial charge in [-0.3, -0.25) is 24.6 Å². The number of alkyl halides is 3. The van der Waals surface area contributed by atoms with Gasteiger partial charge < -0.3 is 14.4 Å². The molecule has 4 aliphatic rings. The summed E-state index contributed by atoms with van der Waals surface area (Å²) in [5, 5.41) is 6.72. The second kappa shape index (κ2) is 12.2. The number of nitrogens with zero attached hydrogens (tertiary/aromatic N) is 4. The van der Waals surface area contributed by atoms with Gasteiger partial charge in [0, 0.05) is 63.1 Å². The van der Waals surface area contributed by atoms with Gasteiger partial charge in [-0.25, -0.2) is 4.68 Å². The molecule has 3 fully saturated rings. The highest BCUT2D eigenvalue weighted by atomic mass is 19.4. The second-order valence-electron chi connectivity index (χ2n) is 12.5. The minimum Gasteiger partial charge on any atom is -0.489 e. The van der Waals surface area contributed by atoms with Crippen LogP contribution in [0, 0.1) is 0 Å². The van der Waals surface area contributed by atoms with Crippen molar-refractivity contribution in [3.05, 3.63) is 76.6 Å². The smallest absolute Gasteiger partial charge is 0.416 e. The summed E-state index contributed by atoms with van der Waals surface area (Å²) in [6.45, 7) is 3.36. The van der Waals surface area contributed by atoms with Gasteiger partial charge in [0.2, 0.25) is 11.8 Å². The fourth-order valence-corrected chi connectivity index (χ4v) is 6.89. The molecule has 0 radical (unpaired) electrons. The second-order valence-corrected chi connectivity index (χ2v) is 12.5. The van der Waals surface area contributed by atoms with Crippen molar-refractivity contribution in [2.24, 2.45) is 0 Å². The number of hydrogen-bond acceptors (Lipinski definition) is 7. The molecule has 0 bridgehead atoms. The molecule has 4 aliphatic heterocycles. The summed E-state index contributed by atoms with van der Waals surface area (Å²) < 4.78 is 54.6. The predicted octanol–water partition coefficient (Wildman–Crippen LogP) is 4.20. The quantitative estimate of drug-likeness (QED) is 0.388. The van der Waals surface area contributed by atoms with Gasteiger partial charge in [0.1, 0.15) is 17.9 Å². The third-order valence-corrected chi connectivity index (χ3v) is 9.29. The molecule has 2 atom stereocenters. The first kappa shape index (κ1) is 30.4. The lowest BCUT2D eigenvalue weighted by molar-refractivity contribution is -0.138. The largest absolute Gasteiger partial charge is 0.489 e. The maximum atomic E-state index is 13.8. The minimum absolute atomic E-state index is 0.0156. The maximum Gasteiger partial charge on any atom is 0.416 e. The van der Waals surface area contributed by atoms with Gasteiger partial charge >= 0.3 is 6.18 Å². The minimum atomic E-state index is -4.46. The first-order valence-corrected chi connectivity index (χ1v) is 15.6. The Morgan fingerprint density at radius 1 is 1.02 bits per heavy atom.